The van der Waals surface area contributed by atoms with E-state index in [1.54, 1.807) is 12.4 Å². The summed E-state index contributed by atoms with van der Waals surface area (Å²) in [4.78, 5) is 11.8. The van der Waals surface area contributed by atoms with Crippen LogP contribution in [0.5, 0.6) is 23.0 Å². The van der Waals surface area contributed by atoms with Crippen LogP contribution in [0.25, 0.3) is 22.4 Å². The third kappa shape index (κ3) is 10.1. The van der Waals surface area contributed by atoms with Crippen LogP contribution in [0.3, 0.4) is 0 Å². The van der Waals surface area contributed by atoms with E-state index < -0.39 is 0 Å². The molecular weight excluding hydrogens is 648 g/mol. The molecule has 0 atom stereocenters. The van der Waals surface area contributed by atoms with E-state index in [0.29, 0.717) is 44.3 Å². The standard InChI is InChI=1S/C41H50ClN4O4/c1-5-9-23-46-37-27-35(47-25-10-22-45(7-3)8-4)29-39(49-24-6-2)40(37)44-41(46)36-16-15-34(48-26-19-31-11-13-33(42)14-12-31)28-38(36)50-30-32-17-20-43-21-18-32/h11-18,20-21,27-29H,2,5-10,19,22-26,30H2,1,3-4H3. The number of nitrogens with zero attached hydrogens (tertiary/aromatic N) is 4. The number of benzene rings is 3. The van der Waals surface area contributed by atoms with Gasteiger partial charge in [0.25, 0.3) is 0 Å². The van der Waals surface area contributed by atoms with Gasteiger partial charge in [-0.05, 0) is 86.8 Å². The maximum absolute atomic E-state index is 6.53. The van der Waals surface area contributed by atoms with E-state index in [1.165, 1.54) is 0 Å². The highest BCUT2D eigenvalue weighted by atomic mass is 35.5. The fourth-order valence-corrected chi connectivity index (χ4v) is 5.91. The first-order valence-electron chi connectivity index (χ1n) is 17.9. The fourth-order valence-electron chi connectivity index (χ4n) is 5.78. The van der Waals surface area contributed by atoms with Crippen LogP contribution in [0.4, 0.5) is 0 Å². The Morgan fingerprint density at radius 1 is 0.760 bits per heavy atom. The molecular formula is C41H50ClN4O4. The van der Waals surface area contributed by atoms with Gasteiger partial charge in [-0.1, -0.05) is 50.9 Å². The molecule has 0 aliphatic rings. The van der Waals surface area contributed by atoms with Gasteiger partial charge in [0.15, 0.2) is 5.75 Å². The molecule has 0 saturated carbocycles. The smallest absolute Gasteiger partial charge is 0.150 e. The van der Waals surface area contributed by atoms with E-state index in [0.717, 1.165) is 102 Å². The summed E-state index contributed by atoms with van der Waals surface area (Å²) < 4.78 is 27.6. The normalized spacial score (nSPS) is 11.3. The summed E-state index contributed by atoms with van der Waals surface area (Å²) >= 11 is 6.07. The van der Waals surface area contributed by atoms with Crippen molar-refractivity contribution in [3.8, 4) is 34.4 Å². The van der Waals surface area contributed by atoms with Crippen molar-refractivity contribution in [2.75, 3.05) is 39.5 Å². The van der Waals surface area contributed by atoms with Crippen molar-refractivity contribution in [3.05, 3.63) is 102 Å². The van der Waals surface area contributed by atoms with E-state index >= 15 is 0 Å². The minimum absolute atomic E-state index is 0.377. The van der Waals surface area contributed by atoms with Crippen LogP contribution in [-0.4, -0.2) is 58.9 Å². The Morgan fingerprint density at radius 2 is 1.52 bits per heavy atom. The van der Waals surface area contributed by atoms with Gasteiger partial charge in [0, 0.05) is 55.1 Å². The molecule has 0 bridgehead atoms. The predicted molar refractivity (Wildman–Crippen MR) is 203 cm³/mol. The number of halogens is 1. The Hall–Kier alpha value is -4.27. The number of ether oxygens (including phenoxy) is 4. The summed E-state index contributed by atoms with van der Waals surface area (Å²) in [6.45, 7) is 16.4. The Bertz CT molecular complexity index is 1760. The van der Waals surface area contributed by atoms with Crippen LogP contribution < -0.4 is 18.9 Å². The highest BCUT2D eigenvalue weighted by Gasteiger charge is 2.21. The summed E-state index contributed by atoms with van der Waals surface area (Å²) in [5.74, 6) is 3.70. The largest absolute Gasteiger partial charge is 0.493 e. The maximum atomic E-state index is 6.53. The molecule has 0 spiro atoms. The van der Waals surface area contributed by atoms with Gasteiger partial charge in [-0.3, -0.25) is 4.98 Å². The average molecular weight is 698 g/mol. The van der Waals surface area contributed by atoms with Crippen LogP contribution in [-0.2, 0) is 19.6 Å². The minimum atomic E-state index is 0.377. The molecule has 0 saturated heterocycles. The van der Waals surface area contributed by atoms with Gasteiger partial charge in [-0.2, -0.15) is 0 Å². The van der Waals surface area contributed by atoms with Crippen molar-refractivity contribution in [2.24, 2.45) is 0 Å². The third-order valence-corrected chi connectivity index (χ3v) is 8.87. The SMILES string of the molecule is [CH2]CCOc1cc(OCCCN(CC)CC)cc2c1nc(-c1ccc(OCCc3ccc(Cl)cc3)cc1OCc1ccncc1)n2CCCC. The van der Waals surface area contributed by atoms with Crippen LogP contribution in [0.2, 0.25) is 5.02 Å². The molecule has 2 aromatic heterocycles. The molecule has 5 rings (SSSR count). The van der Waals surface area contributed by atoms with Crippen LogP contribution in [0.15, 0.2) is 79.1 Å². The molecule has 3 aromatic carbocycles. The second-order valence-corrected chi connectivity index (χ2v) is 12.6. The lowest BCUT2D eigenvalue weighted by Gasteiger charge is -2.18. The van der Waals surface area contributed by atoms with Gasteiger partial charge in [0.05, 0.1) is 30.9 Å². The van der Waals surface area contributed by atoms with Gasteiger partial charge in [-0.15, -0.1) is 0 Å². The summed E-state index contributed by atoms with van der Waals surface area (Å²) in [6, 6.07) is 21.8. The molecule has 0 N–H and O–H groups in total. The number of imidazole rings is 1. The predicted octanol–water partition coefficient (Wildman–Crippen LogP) is 9.47. The number of aromatic nitrogens is 3. The number of aryl methyl sites for hydroxylation is 1. The summed E-state index contributed by atoms with van der Waals surface area (Å²) in [5.41, 5.74) is 4.82. The van der Waals surface area contributed by atoms with Crippen LogP contribution >= 0.6 is 11.6 Å². The van der Waals surface area contributed by atoms with E-state index in [1.807, 2.05) is 60.7 Å². The zero-order chi connectivity index (χ0) is 35.1. The highest BCUT2D eigenvalue weighted by Crippen LogP contribution is 2.39. The van der Waals surface area contributed by atoms with E-state index in [2.05, 4.69) is 48.2 Å². The van der Waals surface area contributed by atoms with E-state index in [4.69, 9.17) is 35.5 Å². The summed E-state index contributed by atoms with van der Waals surface area (Å²) in [7, 11) is 0. The van der Waals surface area contributed by atoms with Crippen molar-refractivity contribution in [1.82, 2.24) is 19.4 Å². The Balaban J connectivity index is 1.50. The van der Waals surface area contributed by atoms with Gasteiger partial charge >= 0.3 is 0 Å². The number of fused-ring (bicyclic) bond motifs is 1. The molecule has 5 aromatic rings. The molecule has 1 radical (unpaired) electrons. The second kappa shape index (κ2) is 19.2. The molecule has 8 nitrogen and oxygen atoms in total. The minimum Gasteiger partial charge on any atom is -0.493 e. The van der Waals surface area contributed by atoms with Crippen molar-refractivity contribution in [3.63, 3.8) is 0 Å². The van der Waals surface area contributed by atoms with Gasteiger partial charge in [0.1, 0.15) is 35.2 Å². The molecule has 0 unspecified atom stereocenters. The van der Waals surface area contributed by atoms with Gasteiger partial charge in [-0.25, -0.2) is 4.98 Å². The Kier molecular flexibility index (Phi) is 14.2. The summed E-state index contributed by atoms with van der Waals surface area (Å²) in [6.07, 6.45) is 7.93. The fraction of sp³-hybridized carbons (Fsp3) is 0.390. The van der Waals surface area contributed by atoms with Crippen molar-refractivity contribution >= 4 is 22.6 Å². The zero-order valence-corrected chi connectivity index (χ0v) is 30.5. The molecule has 0 fully saturated rings. The van der Waals surface area contributed by atoms with Crippen molar-refractivity contribution in [2.45, 2.75) is 66.0 Å². The van der Waals surface area contributed by atoms with Crippen LogP contribution in [0, 0.1) is 6.92 Å². The highest BCUT2D eigenvalue weighted by molar-refractivity contribution is 6.30. The molecule has 0 aliphatic heterocycles. The Morgan fingerprint density at radius 3 is 2.26 bits per heavy atom. The molecule has 9 heteroatoms. The quantitative estimate of drug-likeness (QED) is 0.0708. The molecule has 2 heterocycles. The first-order valence-corrected chi connectivity index (χ1v) is 18.3. The average Bonchev–Trinajstić information content (AvgIpc) is 3.51. The molecule has 0 aliphatic carbocycles. The van der Waals surface area contributed by atoms with E-state index in [-0.39, 0.29) is 0 Å². The van der Waals surface area contributed by atoms with Crippen molar-refractivity contribution in [1.29, 1.82) is 0 Å². The number of hydrogen-bond donors (Lipinski definition) is 0. The zero-order valence-electron chi connectivity index (χ0n) is 29.7. The van der Waals surface area contributed by atoms with Gasteiger partial charge in [0.2, 0.25) is 0 Å². The van der Waals surface area contributed by atoms with Crippen molar-refractivity contribution < 1.29 is 18.9 Å². The first-order chi connectivity index (χ1) is 24.5. The topological polar surface area (TPSA) is 70.9 Å². The molecule has 50 heavy (non-hydrogen) atoms. The summed E-state index contributed by atoms with van der Waals surface area (Å²) in [5, 5.41) is 0.724. The lowest BCUT2D eigenvalue weighted by molar-refractivity contribution is 0.248. The lowest BCUT2D eigenvalue weighted by Crippen LogP contribution is -2.25. The number of pyridine rings is 1. The monoisotopic (exact) mass is 697 g/mol. The second-order valence-electron chi connectivity index (χ2n) is 12.2. The first kappa shape index (κ1) is 37.0. The lowest BCUT2D eigenvalue weighted by atomic mass is 10.1. The molecule has 265 valence electrons. The Labute approximate surface area is 302 Å². The third-order valence-electron chi connectivity index (χ3n) is 8.62. The number of rotatable bonds is 21. The maximum Gasteiger partial charge on any atom is 0.150 e. The van der Waals surface area contributed by atoms with Crippen LogP contribution in [0.1, 0.15) is 57.6 Å². The van der Waals surface area contributed by atoms with E-state index in [9.17, 15) is 0 Å². The number of unbranched alkanes of at least 4 members (excludes halogenated alkanes) is 1. The van der Waals surface area contributed by atoms with Gasteiger partial charge < -0.3 is 28.4 Å². The number of hydrogen-bond acceptors (Lipinski definition) is 7. The molecule has 0 amide bonds.